The van der Waals surface area contributed by atoms with Crippen molar-refractivity contribution in [3.63, 3.8) is 0 Å². The highest BCUT2D eigenvalue weighted by Crippen LogP contribution is 2.11. The second-order valence-corrected chi connectivity index (χ2v) is 4.80. The molecule has 3 atom stereocenters. The molecule has 1 aliphatic heterocycles. The van der Waals surface area contributed by atoms with Crippen molar-refractivity contribution >= 4 is 18.3 Å². The van der Waals surface area contributed by atoms with Crippen LogP contribution < -0.4 is 15.4 Å². The number of benzene rings is 1. The van der Waals surface area contributed by atoms with Gasteiger partial charge in [-0.25, -0.2) is 0 Å². The number of rotatable bonds is 5. The maximum absolute atomic E-state index is 11.9. The number of carbonyl (C=O) groups is 1. The standard InChI is InChI=1S/C14H20N2O3.ClH/c1-10(19-12-5-3-2-4-6-12)14(18)16-8-11-7-15-9-13(11)17;/h2-6,10-11,13,15,17H,7-9H2,1H3,(H,16,18);1H. The summed E-state index contributed by atoms with van der Waals surface area (Å²) < 4.78 is 5.53. The molecular weight excluding hydrogens is 280 g/mol. The van der Waals surface area contributed by atoms with Crippen LogP contribution in [-0.2, 0) is 4.79 Å². The first-order valence-electron chi connectivity index (χ1n) is 6.55. The van der Waals surface area contributed by atoms with E-state index in [0.717, 1.165) is 6.54 Å². The van der Waals surface area contributed by atoms with Gasteiger partial charge in [-0.1, -0.05) is 18.2 Å². The Bertz CT molecular complexity index is 416. The molecule has 1 aliphatic rings. The highest BCUT2D eigenvalue weighted by Gasteiger charge is 2.26. The Morgan fingerprint density at radius 1 is 1.45 bits per heavy atom. The first kappa shape index (κ1) is 16.8. The second-order valence-electron chi connectivity index (χ2n) is 4.80. The lowest BCUT2D eigenvalue weighted by Crippen LogP contribution is -2.41. The smallest absolute Gasteiger partial charge is 0.260 e. The average Bonchev–Trinajstić information content (AvgIpc) is 2.82. The maximum atomic E-state index is 11.9. The first-order valence-corrected chi connectivity index (χ1v) is 6.55. The summed E-state index contributed by atoms with van der Waals surface area (Å²) in [7, 11) is 0. The number of nitrogens with one attached hydrogen (secondary N) is 2. The van der Waals surface area contributed by atoms with Crippen LogP contribution in [0.1, 0.15) is 6.92 Å². The number of halogens is 1. The van der Waals surface area contributed by atoms with Crippen molar-refractivity contribution in [2.75, 3.05) is 19.6 Å². The topological polar surface area (TPSA) is 70.6 Å². The number of β-amino-alcohol motifs (C(OH)–C–C–N with tert-alkyl or cyclic N) is 1. The molecular formula is C14H21ClN2O3. The third kappa shape index (κ3) is 4.67. The molecule has 1 aromatic carbocycles. The first-order chi connectivity index (χ1) is 9.16. The average molecular weight is 301 g/mol. The SMILES string of the molecule is CC(Oc1ccccc1)C(=O)NCC1CNCC1O.Cl. The molecule has 0 radical (unpaired) electrons. The summed E-state index contributed by atoms with van der Waals surface area (Å²) in [6.45, 7) is 3.51. The van der Waals surface area contributed by atoms with E-state index in [4.69, 9.17) is 4.74 Å². The van der Waals surface area contributed by atoms with E-state index >= 15 is 0 Å². The van der Waals surface area contributed by atoms with Crippen molar-refractivity contribution in [2.45, 2.75) is 19.1 Å². The number of aliphatic hydroxyl groups is 1. The minimum absolute atomic E-state index is 0. The molecule has 1 aromatic rings. The van der Waals surface area contributed by atoms with Crippen LogP contribution in [0.4, 0.5) is 0 Å². The number of amides is 1. The van der Waals surface area contributed by atoms with Gasteiger partial charge in [-0.15, -0.1) is 12.4 Å². The van der Waals surface area contributed by atoms with Gasteiger partial charge in [-0.2, -0.15) is 0 Å². The predicted molar refractivity (Wildman–Crippen MR) is 79.2 cm³/mol. The Morgan fingerprint density at radius 2 is 2.15 bits per heavy atom. The van der Waals surface area contributed by atoms with Gasteiger partial charge in [-0.05, 0) is 19.1 Å². The Morgan fingerprint density at radius 3 is 2.75 bits per heavy atom. The second kappa shape index (κ2) is 8.09. The van der Waals surface area contributed by atoms with Crippen molar-refractivity contribution in [2.24, 2.45) is 5.92 Å². The van der Waals surface area contributed by atoms with Gasteiger partial charge in [0.05, 0.1) is 6.10 Å². The van der Waals surface area contributed by atoms with Crippen molar-refractivity contribution in [3.05, 3.63) is 30.3 Å². The molecule has 5 nitrogen and oxygen atoms in total. The molecule has 0 bridgehead atoms. The molecule has 0 aromatic heterocycles. The minimum atomic E-state index is -0.547. The Balaban J connectivity index is 0.00000200. The zero-order valence-electron chi connectivity index (χ0n) is 11.4. The number of hydrogen-bond acceptors (Lipinski definition) is 4. The Hall–Kier alpha value is -1.30. The van der Waals surface area contributed by atoms with Gasteiger partial charge >= 0.3 is 0 Å². The van der Waals surface area contributed by atoms with Gasteiger partial charge in [0.15, 0.2) is 6.10 Å². The molecule has 3 unspecified atom stereocenters. The number of ether oxygens (including phenoxy) is 1. The lowest BCUT2D eigenvalue weighted by atomic mass is 10.1. The van der Waals surface area contributed by atoms with Crippen LogP contribution in [0.3, 0.4) is 0 Å². The fourth-order valence-corrected chi connectivity index (χ4v) is 2.06. The molecule has 1 amide bonds. The van der Waals surface area contributed by atoms with E-state index in [1.54, 1.807) is 6.92 Å². The molecule has 20 heavy (non-hydrogen) atoms. The normalized spacial score (nSPS) is 22.7. The fourth-order valence-electron chi connectivity index (χ4n) is 2.06. The zero-order chi connectivity index (χ0) is 13.7. The Labute approximate surface area is 125 Å². The van der Waals surface area contributed by atoms with E-state index < -0.39 is 6.10 Å². The monoisotopic (exact) mass is 300 g/mol. The minimum Gasteiger partial charge on any atom is -0.481 e. The van der Waals surface area contributed by atoms with Crippen LogP contribution in [0.2, 0.25) is 0 Å². The van der Waals surface area contributed by atoms with Gasteiger partial charge in [-0.3, -0.25) is 4.79 Å². The number of aliphatic hydroxyl groups excluding tert-OH is 1. The molecule has 6 heteroatoms. The molecule has 112 valence electrons. The summed E-state index contributed by atoms with van der Waals surface area (Å²) in [5, 5.41) is 15.5. The van der Waals surface area contributed by atoms with Crippen LogP contribution in [0.5, 0.6) is 5.75 Å². The highest BCUT2D eigenvalue weighted by atomic mass is 35.5. The fraction of sp³-hybridized carbons (Fsp3) is 0.500. The number of para-hydroxylation sites is 1. The van der Waals surface area contributed by atoms with E-state index in [2.05, 4.69) is 10.6 Å². The molecule has 1 saturated heterocycles. The van der Waals surface area contributed by atoms with E-state index in [9.17, 15) is 9.90 Å². The maximum Gasteiger partial charge on any atom is 0.260 e. The molecule has 2 rings (SSSR count). The van der Waals surface area contributed by atoms with Crippen molar-refractivity contribution in [3.8, 4) is 5.75 Å². The highest BCUT2D eigenvalue weighted by molar-refractivity contribution is 5.85. The van der Waals surface area contributed by atoms with Crippen molar-refractivity contribution < 1.29 is 14.6 Å². The van der Waals surface area contributed by atoms with Gasteiger partial charge in [0, 0.05) is 25.6 Å². The van der Waals surface area contributed by atoms with Gasteiger partial charge < -0.3 is 20.5 Å². The summed E-state index contributed by atoms with van der Waals surface area (Å²) in [5.41, 5.74) is 0. The van der Waals surface area contributed by atoms with E-state index in [0.29, 0.717) is 18.8 Å². The third-order valence-electron chi connectivity index (χ3n) is 3.27. The summed E-state index contributed by atoms with van der Waals surface area (Å²) >= 11 is 0. The number of hydrogen-bond donors (Lipinski definition) is 3. The molecule has 0 saturated carbocycles. The van der Waals surface area contributed by atoms with Crippen LogP contribution in [0.15, 0.2) is 30.3 Å². The lowest BCUT2D eigenvalue weighted by molar-refractivity contribution is -0.127. The van der Waals surface area contributed by atoms with Crippen LogP contribution in [0, 0.1) is 5.92 Å². The summed E-state index contributed by atoms with van der Waals surface area (Å²) in [4.78, 5) is 11.9. The van der Waals surface area contributed by atoms with Gasteiger partial charge in [0.25, 0.3) is 5.91 Å². The summed E-state index contributed by atoms with van der Waals surface area (Å²) in [6.07, 6.45) is -0.931. The van der Waals surface area contributed by atoms with E-state index in [-0.39, 0.29) is 30.3 Å². The van der Waals surface area contributed by atoms with E-state index in [1.807, 2.05) is 30.3 Å². The predicted octanol–water partition coefficient (Wildman–Crippen LogP) is 0.572. The zero-order valence-corrected chi connectivity index (χ0v) is 12.2. The summed E-state index contributed by atoms with van der Waals surface area (Å²) in [6, 6.07) is 9.25. The van der Waals surface area contributed by atoms with Crippen LogP contribution in [-0.4, -0.2) is 42.9 Å². The molecule has 0 spiro atoms. The Kier molecular flexibility index (Phi) is 6.78. The van der Waals surface area contributed by atoms with Gasteiger partial charge in [0.1, 0.15) is 5.75 Å². The molecule has 0 aliphatic carbocycles. The largest absolute Gasteiger partial charge is 0.481 e. The molecule has 1 fully saturated rings. The lowest BCUT2D eigenvalue weighted by Gasteiger charge is -2.18. The molecule has 1 heterocycles. The number of carbonyl (C=O) groups excluding carboxylic acids is 1. The third-order valence-corrected chi connectivity index (χ3v) is 3.27. The van der Waals surface area contributed by atoms with Gasteiger partial charge in [0.2, 0.25) is 0 Å². The summed E-state index contributed by atoms with van der Waals surface area (Å²) in [5.74, 6) is 0.587. The van der Waals surface area contributed by atoms with Crippen molar-refractivity contribution in [1.82, 2.24) is 10.6 Å². The quantitative estimate of drug-likeness (QED) is 0.744. The van der Waals surface area contributed by atoms with Crippen LogP contribution in [0.25, 0.3) is 0 Å². The molecule has 3 N–H and O–H groups in total. The van der Waals surface area contributed by atoms with Crippen LogP contribution >= 0.6 is 12.4 Å². The van der Waals surface area contributed by atoms with E-state index in [1.165, 1.54) is 0 Å². The van der Waals surface area contributed by atoms with Crippen molar-refractivity contribution in [1.29, 1.82) is 0 Å².